The maximum absolute atomic E-state index is 13.6. The first-order chi connectivity index (χ1) is 24.4. The summed E-state index contributed by atoms with van der Waals surface area (Å²) < 4.78 is 26.5. The molecule has 0 bridgehead atoms. The Bertz CT molecular complexity index is 1650. The molecule has 51 heavy (non-hydrogen) atoms. The zero-order valence-corrected chi connectivity index (χ0v) is 30.1. The molecule has 0 saturated carbocycles. The van der Waals surface area contributed by atoms with E-state index in [2.05, 4.69) is 11.2 Å². The lowest BCUT2D eigenvalue weighted by atomic mass is 9.67. The first-order valence-electron chi connectivity index (χ1n) is 17.3. The Balaban J connectivity index is 1.40. The van der Waals surface area contributed by atoms with E-state index >= 15 is 0 Å². The largest absolute Gasteiger partial charge is 0.469 e. The molecule has 0 amide bonds. The van der Waals surface area contributed by atoms with Gasteiger partial charge in [0, 0.05) is 5.56 Å². The summed E-state index contributed by atoms with van der Waals surface area (Å²) in [5.74, 6) is -4.12. The minimum atomic E-state index is -1.35. The van der Waals surface area contributed by atoms with E-state index in [1.807, 2.05) is 55.5 Å². The molecular weight excluding hydrogens is 658 g/mol. The summed E-state index contributed by atoms with van der Waals surface area (Å²) >= 11 is 0. The van der Waals surface area contributed by atoms with Crippen LogP contribution in [0, 0.1) is 22.7 Å². The van der Waals surface area contributed by atoms with E-state index in [-0.39, 0.29) is 51.8 Å². The number of epoxide rings is 1. The molecule has 1 fully saturated rings. The lowest BCUT2D eigenvalue weighted by Crippen LogP contribution is -2.42. The summed E-state index contributed by atoms with van der Waals surface area (Å²) in [5.41, 5.74) is -1.50. The third-order valence-electron chi connectivity index (χ3n) is 9.43. The molecule has 1 aliphatic heterocycles. The number of carbonyl (C=O) groups excluding carboxylic acids is 4. The summed E-state index contributed by atoms with van der Waals surface area (Å²) in [6.45, 7) is 6.54. The highest BCUT2D eigenvalue weighted by molar-refractivity contribution is 6.13. The van der Waals surface area contributed by atoms with Crippen molar-refractivity contribution in [3.63, 3.8) is 0 Å². The van der Waals surface area contributed by atoms with Crippen molar-refractivity contribution in [2.45, 2.75) is 59.5 Å². The van der Waals surface area contributed by atoms with Crippen molar-refractivity contribution < 1.29 is 52.8 Å². The van der Waals surface area contributed by atoms with Gasteiger partial charge >= 0.3 is 23.9 Å². The molecule has 0 aliphatic carbocycles. The Hall–Kier alpha value is -4.55. The second-order valence-corrected chi connectivity index (χ2v) is 13.6. The lowest BCUT2D eigenvalue weighted by molar-refractivity contribution is -0.166. The second kappa shape index (κ2) is 18.1. The van der Waals surface area contributed by atoms with Crippen molar-refractivity contribution in [2.75, 3.05) is 46.8 Å². The Labute approximate surface area is 298 Å². The second-order valence-electron chi connectivity index (χ2n) is 13.6. The number of ether oxygens (including phenoxy) is 5. The van der Waals surface area contributed by atoms with Gasteiger partial charge in [0.25, 0.3) is 0 Å². The van der Waals surface area contributed by atoms with Gasteiger partial charge in [0.05, 0.1) is 49.2 Å². The van der Waals surface area contributed by atoms with Crippen molar-refractivity contribution in [3.05, 3.63) is 60.2 Å². The topological polar surface area (TPSA) is 160 Å². The SMILES string of the molecule is CCC(C)(CC(C)(CC(CC(C)C(=O)OCCON=Cc1c2ccccc2cc2ccccc12)C(=O)OCCO)C(=O)OCC1CO1)C(=O)OC. The van der Waals surface area contributed by atoms with Crippen LogP contribution in [0.1, 0.15) is 58.9 Å². The third kappa shape index (κ3) is 10.5. The summed E-state index contributed by atoms with van der Waals surface area (Å²) in [6, 6.07) is 18.2. The van der Waals surface area contributed by atoms with Gasteiger partial charge in [-0.2, -0.15) is 0 Å². The minimum absolute atomic E-state index is 0.00260. The molecule has 3 aromatic rings. The maximum atomic E-state index is 13.6. The summed E-state index contributed by atoms with van der Waals surface area (Å²) in [7, 11) is 1.28. The Morgan fingerprint density at radius 1 is 0.922 bits per heavy atom. The van der Waals surface area contributed by atoms with Gasteiger partial charge in [-0.1, -0.05) is 67.5 Å². The van der Waals surface area contributed by atoms with Crippen LogP contribution >= 0.6 is 0 Å². The van der Waals surface area contributed by atoms with E-state index in [0.717, 1.165) is 27.1 Å². The fraction of sp³-hybridized carbons (Fsp3) is 0.513. The number of oxime groups is 1. The molecule has 3 aromatic carbocycles. The monoisotopic (exact) mass is 707 g/mol. The number of aliphatic hydroxyl groups excluding tert-OH is 1. The number of methoxy groups -OCH3 is 1. The number of aliphatic hydroxyl groups is 1. The van der Waals surface area contributed by atoms with Gasteiger partial charge in [-0.05, 0) is 67.1 Å². The van der Waals surface area contributed by atoms with Crippen LogP contribution in [-0.2, 0) is 47.7 Å². The molecule has 0 aromatic heterocycles. The molecular formula is C39H49NO11. The highest BCUT2D eigenvalue weighted by Crippen LogP contribution is 2.44. The quantitative estimate of drug-likeness (QED) is 0.0306. The number of benzene rings is 3. The molecule has 5 unspecified atom stereocenters. The fourth-order valence-electron chi connectivity index (χ4n) is 6.43. The van der Waals surface area contributed by atoms with E-state index in [1.54, 1.807) is 27.0 Å². The first-order valence-corrected chi connectivity index (χ1v) is 17.3. The number of hydrogen-bond acceptors (Lipinski definition) is 12. The molecule has 5 atom stereocenters. The zero-order chi connectivity index (χ0) is 37.0. The molecule has 276 valence electrons. The molecule has 12 nitrogen and oxygen atoms in total. The smallest absolute Gasteiger partial charge is 0.311 e. The number of esters is 4. The number of nitrogens with zero attached hydrogens (tertiary/aromatic N) is 1. The maximum Gasteiger partial charge on any atom is 0.311 e. The van der Waals surface area contributed by atoms with Gasteiger partial charge in [0.2, 0.25) is 0 Å². The van der Waals surface area contributed by atoms with Gasteiger partial charge < -0.3 is 33.6 Å². The standard InChI is InChI=1S/C39H49NO11/c1-6-38(3,36(44)46-5)25-39(4,37(45)50-24-30-23-49-30)21-29(35(43)47-16-15-41)19-26(2)34(42)48-17-18-51-40-22-33-31-13-9-7-11-27(31)20-28-12-8-10-14-32(28)33/h7-14,20,22,26,29-30,41H,6,15-19,21,23-25H2,1-5H3. The summed E-state index contributed by atoms with van der Waals surface area (Å²) in [4.78, 5) is 58.2. The van der Waals surface area contributed by atoms with E-state index in [9.17, 15) is 24.3 Å². The van der Waals surface area contributed by atoms with Crippen LogP contribution in [0.3, 0.4) is 0 Å². The van der Waals surface area contributed by atoms with Crippen LogP contribution in [0.25, 0.3) is 21.5 Å². The van der Waals surface area contributed by atoms with Crippen LogP contribution in [0.2, 0.25) is 0 Å². The molecule has 1 heterocycles. The van der Waals surface area contributed by atoms with E-state index in [0.29, 0.717) is 13.0 Å². The highest BCUT2D eigenvalue weighted by atomic mass is 16.6. The number of carbonyl (C=O) groups is 4. The van der Waals surface area contributed by atoms with Gasteiger partial charge in [0.1, 0.15) is 25.9 Å². The van der Waals surface area contributed by atoms with Crippen molar-refractivity contribution in [1.82, 2.24) is 0 Å². The first kappa shape index (κ1) is 39.2. The van der Waals surface area contributed by atoms with Crippen LogP contribution in [-0.4, -0.2) is 88.1 Å². The van der Waals surface area contributed by atoms with Crippen LogP contribution in [0.4, 0.5) is 0 Å². The number of fused-ring (bicyclic) bond motifs is 2. The minimum Gasteiger partial charge on any atom is -0.469 e. The average Bonchev–Trinajstić information content (AvgIpc) is 3.97. The number of rotatable bonds is 20. The Morgan fingerprint density at radius 3 is 2.14 bits per heavy atom. The van der Waals surface area contributed by atoms with E-state index in [1.165, 1.54) is 7.11 Å². The Morgan fingerprint density at radius 2 is 1.55 bits per heavy atom. The predicted octanol–water partition coefficient (Wildman–Crippen LogP) is 5.38. The van der Waals surface area contributed by atoms with Gasteiger partial charge in [-0.3, -0.25) is 19.2 Å². The van der Waals surface area contributed by atoms with E-state index < -0.39 is 53.1 Å². The molecule has 0 spiro atoms. The third-order valence-corrected chi connectivity index (χ3v) is 9.43. The molecule has 4 rings (SSSR count). The Kier molecular flexibility index (Phi) is 13.9. The molecule has 12 heteroatoms. The molecule has 0 radical (unpaired) electrons. The molecule has 1 saturated heterocycles. The highest BCUT2D eigenvalue weighted by Gasteiger charge is 2.48. The zero-order valence-electron chi connectivity index (χ0n) is 30.1. The normalized spacial score (nSPS) is 17.6. The fourth-order valence-corrected chi connectivity index (χ4v) is 6.43. The van der Waals surface area contributed by atoms with Crippen molar-refractivity contribution >= 4 is 51.6 Å². The van der Waals surface area contributed by atoms with Crippen molar-refractivity contribution in [1.29, 1.82) is 0 Å². The van der Waals surface area contributed by atoms with Crippen LogP contribution < -0.4 is 0 Å². The van der Waals surface area contributed by atoms with E-state index in [4.69, 9.17) is 28.5 Å². The van der Waals surface area contributed by atoms with Crippen molar-refractivity contribution in [2.24, 2.45) is 27.8 Å². The van der Waals surface area contributed by atoms with Gasteiger partial charge in [-0.15, -0.1) is 0 Å². The molecule has 1 N–H and O–H groups in total. The van der Waals surface area contributed by atoms with Crippen LogP contribution in [0.15, 0.2) is 59.8 Å². The predicted molar refractivity (Wildman–Crippen MR) is 190 cm³/mol. The number of hydrogen-bond donors (Lipinski definition) is 1. The van der Waals surface area contributed by atoms with Crippen molar-refractivity contribution in [3.8, 4) is 0 Å². The van der Waals surface area contributed by atoms with Gasteiger partial charge in [0.15, 0.2) is 6.61 Å². The summed E-state index contributed by atoms with van der Waals surface area (Å²) in [6.07, 6.45) is 1.73. The van der Waals surface area contributed by atoms with Crippen LogP contribution in [0.5, 0.6) is 0 Å². The van der Waals surface area contributed by atoms with Gasteiger partial charge in [-0.25, -0.2) is 0 Å². The lowest BCUT2D eigenvalue weighted by Gasteiger charge is -2.37. The average molecular weight is 708 g/mol. The molecule has 1 aliphatic rings. The summed E-state index contributed by atoms with van der Waals surface area (Å²) in [5, 5.41) is 17.6.